The van der Waals surface area contributed by atoms with Crippen LogP contribution < -0.4 is 0 Å². The summed E-state index contributed by atoms with van der Waals surface area (Å²) in [5.74, 6) is 0. The van der Waals surface area contributed by atoms with Gasteiger partial charge in [-0.15, -0.1) is 0 Å². The highest BCUT2D eigenvalue weighted by molar-refractivity contribution is 5.28. The summed E-state index contributed by atoms with van der Waals surface area (Å²) in [6, 6.07) is 11.4. The Morgan fingerprint density at radius 2 is 2.14 bits per heavy atom. The van der Waals surface area contributed by atoms with Crippen LogP contribution in [0.3, 0.4) is 0 Å². The van der Waals surface area contributed by atoms with Crippen molar-refractivity contribution in [3.8, 4) is 6.07 Å². The first-order valence-electron chi connectivity index (χ1n) is 4.49. The molecule has 0 saturated carbocycles. The molecule has 1 heterocycles. The minimum absolute atomic E-state index is 0.154. The lowest BCUT2D eigenvalue weighted by Gasteiger charge is -2.06. The van der Waals surface area contributed by atoms with Crippen LogP contribution >= 0.6 is 0 Å². The molecule has 1 N–H and O–H groups in total. The van der Waals surface area contributed by atoms with E-state index in [2.05, 4.69) is 0 Å². The molecule has 1 aliphatic rings. The second kappa shape index (κ2) is 3.09. The van der Waals surface area contributed by atoms with Gasteiger partial charge in [0.2, 0.25) is 0 Å². The second-order valence-electron chi connectivity index (χ2n) is 3.62. The first kappa shape index (κ1) is 9.20. The highest BCUT2D eigenvalue weighted by Crippen LogP contribution is 2.51. The molecule has 0 spiro atoms. The highest BCUT2D eigenvalue weighted by Gasteiger charge is 2.58. The molecule has 3 nitrogen and oxygen atoms in total. The number of ether oxygens (including phenoxy) is 1. The molecule has 3 atom stereocenters. The molecule has 3 unspecified atom stereocenters. The molecule has 0 bridgehead atoms. The number of aliphatic hydroxyl groups excluding tert-OH is 1. The van der Waals surface area contributed by atoms with Crippen molar-refractivity contribution in [1.29, 1.82) is 5.26 Å². The summed E-state index contributed by atoms with van der Waals surface area (Å²) in [7, 11) is 0. The third kappa shape index (κ3) is 1.29. The second-order valence-corrected chi connectivity index (χ2v) is 3.62. The van der Waals surface area contributed by atoms with Crippen LogP contribution in [0.15, 0.2) is 30.3 Å². The lowest BCUT2D eigenvalue weighted by molar-refractivity contribution is 0.129. The molecule has 1 aliphatic heterocycles. The number of epoxide rings is 1. The van der Waals surface area contributed by atoms with Crippen LogP contribution in [0.1, 0.15) is 18.6 Å². The molecule has 3 heteroatoms. The maximum Gasteiger partial charge on any atom is 0.172 e. The predicted molar refractivity (Wildman–Crippen MR) is 50.3 cm³/mol. The van der Waals surface area contributed by atoms with E-state index in [1.807, 2.05) is 30.3 Å². The van der Waals surface area contributed by atoms with E-state index in [-0.39, 0.29) is 6.10 Å². The van der Waals surface area contributed by atoms with Gasteiger partial charge >= 0.3 is 0 Å². The zero-order chi connectivity index (χ0) is 10.2. The van der Waals surface area contributed by atoms with E-state index in [1.54, 1.807) is 13.0 Å². The summed E-state index contributed by atoms with van der Waals surface area (Å²) in [6.45, 7) is 1.75. The summed E-state index contributed by atoms with van der Waals surface area (Å²) in [5, 5.41) is 18.0. The van der Waals surface area contributed by atoms with Crippen molar-refractivity contribution in [2.45, 2.75) is 24.7 Å². The molecular formula is C11H11NO2. The van der Waals surface area contributed by atoms with E-state index in [0.29, 0.717) is 0 Å². The fraction of sp³-hybridized carbons (Fsp3) is 0.364. The summed E-state index contributed by atoms with van der Waals surface area (Å²) in [5.41, 5.74) is 0.278. The van der Waals surface area contributed by atoms with E-state index < -0.39 is 11.7 Å². The van der Waals surface area contributed by atoms with Crippen molar-refractivity contribution in [2.75, 3.05) is 0 Å². The number of nitriles is 1. The number of hydrogen-bond donors (Lipinski definition) is 1. The third-order valence-corrected chi connectivity index (χ3v) is 2.60. The van der Waals surface area contributed by atoms with Gasteiger partial charge < -0.3 is 9.84 Å². The Labute approximate surface area is 82.6 Å². The molecule has 14 heavy (non-hydrogen) atoms. The van der Waals surface area contributed by atoms with Gasteiger partial charge in [-0.3, -0.25) is 0 Å². The molecule has 0 amide bonds. The van der Waals surface area contributed by atoms with Crippen LogP contribution in [0.2, 0.25) is 0 Å². The van der Waals surface area contributed by atoms with Crippen LogP contribution in [0.25, 0.3) is 0 Å². The quantitative estimate of drug-likeness (QED) is 0.565. The maximum absolute atomic E-state index is 9.40. The SMILES string of the molecule is CC1(C(O)C#N)OC1c1ccccc1. The smallest absolute Gasteiger partial charge is 0.172 e. The van der Waals surface area contributed by atoms with Crippen molar-refractivity contribution in [3.63, 3.8) is 0 Å². The monoisotopic (exact) mass is 189 g/mol. The van der Waals surface area contributed by atoms with Crippen LogP contribution in [-0.2, 0) is 4.74 Å². The van der Waals surface area contributed by atoms with Crippen LogP contribution in [0.5, 0.6) is 0 Å². The van der Waals surface area contributed by atoms with Crippen LogP contribution in [-0.4, -0.2) is 16.8 Å². The van der Waals surface area contributed by atoms with Gasteiger partial charge in [0, 0.05) is 0 Å². The van der Waals surface area contributed by atoms with Crippen molar-refractivity contribution in [1.82, 2.24) is 0 Å². The number of benzene rings is 1. The predicted octanol–water partition coefficient (Wildman–Crippen LogP) is 1.40. The first-order chi connectivity index (χ1) is 6.68. The Morgan fingerprint density at radius 3 is 2.71 bits per heavy atom. The van der Waals surface area contributed by atoms with Gasteiger partial charge in [-0.2, -0.15) is 5.26 Å². The van der Waals surface area contributed by atoms with Crippen molar-refractivity contribution >= 4 is 0 Å². The lowest BCUT2D eigenvalue weighted by atomic mass is 9.96. The average Bonchev–Trinajstić information content (AvgIpc) is 2.92. The number of hydrogen-bond acceptors (Lipinski definition) is 3. The van der Waals surface area contributed by atoms with Crippen molar-refractivity contribution < 1.29 is 9.84 Å². The number of rotatable bonds is 2. The summed E-state index contributed by atoms with van der Waals surface area (Å²) >= 11 is 0. The Kier molecular flexibility index (Phi) is 2.03. The van der Waals surface area contributed by atoms with Gasteiger partial charge in [-0.25, -0.2) is 0 Å². The van der Waals surface area contributed by atoms with Crippen molar-refractivity contribution in [3.05, 3.63) is 35.9 Å². The summed E-state index contributed by atoms with van der Waals surface area (Å²) in [6.07, 6.45) is -1.22. The van der Waals surface area contributed by atoms with Gasteiger partial charge in [0.25, 0.3) is 0 Å². The fourth-order valence-corrected chi connectivity index (χ4v) is 1.58. The zero-order valence-corrected chi connectivity index (χ0v) is 7.84. The van der Waals surface area contributed by atoms with Gasteiger partial charge in [0.15, 0.2) is 6.10 Å². The Balaban J connectivity index is 2.17. The average molecular weight is 189 g/mol. The van der Waals surface area contributed by atoms with Gasteiger partial charge in [-0.1, -0.05) is 30.3 Å². The van der Waals surface area contributed by atoms with Gasteiger partial charge in [0.1, 0.15) is 11.7 Å². The topological polar surface area (TPSA) is 56.5 Å². The molecule has 2 rings (SSSR count). The molecule has 1 aromatic rings. The summed E-state index contributed by atoms with van der Waals surface area (Å²) < 4.78 is 5.37. The molecule has 1 aromatic carbocycles. The summed E-state index contributed by atoms with van der Waals surface area (Å²) in [4.78, 5) is 0. The van der Waals surface area contributed by atoms with Crippen LogP contribution in [0, 0.1) is 11.3 Å². The molecule has 0 radical (unpaired) electrons. The van der Waals surface area contributed by atoms with E-state index >= 15 is 0 Å². The normalized spacial score (nSPS) is 31.9. The Hall–Kier alpha value is -1.37. The third-order valence-electron chi connectivity index (χ3n) is 2.60. The molecule has 0 aromatic heterocycles. The molecule has 1 saturated heterocycles. The van der Waals surface area contributed by atoms with E-state index in [1.165, 1.54) is 0 Å². The Bertz CT molecular complexity index is 371. The number of aliphatic hydroxyl groups is 1. The highest BCUT2D eigenvalue weighted by atomic mass is 16.6. The number of nitrogens with zero attached hydrogens (tertiary/aromatic N) is 1. The standard InChI is InChI=1S/C11H11NO2/c1-11(9(13)7-12)10(14-11)8-5-3-2-4-6-8/h2-6,9-10,13H,1H3. The zero-order valence-electron chi connectivity index (χ0n) is 7.84. The fourth-order valence-electron chi connectivity index (χ4n) is 1.58. The lowest BCUT2D eigenvalue weighted by Crippen LogP contribution is -2.25. The van der Waals surface area contributed by atoms with Gasteiger partial charge in [0.05, 0.1) is 6.07 Å². The van der Waals surface area contributed by atoms with E-state index in [0.717, 1.165) is 5.56 Å². The minimum atomic E-state index is -1.06. The molecule has 72 valence electrons. The molecule has 1 fully saturated rings. The Morgan fingerprint density at radius 1 is 1.50 bits per heavy atom. The van der Waals surface area contributed by atoms with Crippen molar-refractivity contribution in [2.24, 2.45) is 0 Å². The van der Waals surface area contributed by atoms with E-state index in [9.17, 15) is 5.11 Å². The molecule has 0 aliphatic carbocycles. The largest absolute Gasteiger partial charge is 0.375 e. The first-order valence-corrected chi connectivity index (χ1v) is 4.49. The van der Waals surface area contributed by atoms with Gasteiger partial charge in [-0.05, 0) is 12.5 Å². The molecular weight excluding hydrogens is 178 g/mol. The minimum Gasteiger partial charge on any atom is -0.375 e. The van der Waals surface area contributed by atoms with Crippen LogP contribution in [0.4, 0.5) is 0 Å². The maximum atomic E-state index is 9.40. The van der Waals surface area contributed by atoms with E-state index in [4.69, 9.17) is 10.00 Å².